The SMILES string of the molecule is CCN(Cc1ccc(C(N)=O)cc1C)c1cccc(N)c1. The Morgan fingerprint density at radius 3 is 2.52 bits per heavy atom. The van der Waals surface area contributed by atoms with Crippen molar-refractivity contribution in [1.29, 1.82) is 0 Å². The predicted molar refractivity (Wildman–Crippen MR) is 87.3 cm³/mol. The normalized spacial score (nSPS) is 10.4. The van der Waals surface area contributed by atoms with Crippen LogP contribution in [0.3, 0.4) is 0 Å². The number of carbonyl (C=O) groups excluding carboxylic acids is 1. The predicted octanol–water partition coefficient (Wildman–Crippen LogP) is 2.70. The second kappa shape index (κ2) is 6.31. The maximum absolute atomic E-state index is 11.2. The van der Waals surface area contributed by atoms with E-state index in [0.717, 1.165) is 30.0 Å². The number of carbonyl (C=O) groups is 1. The second-order valence-corrected chi connectivity index (χ2v) is 5.11. The molecule has 0 aromatic heterocycles. The molecule has 2 rings (SSSR count). The van der Waals surface area contributed by atoms with Crippen molar-refractivity contribution in [3.8, 4) is 0 Å². The molecular weight excluding hydrogens is 262 g/mol. The van der Waals surface area contributed by atoms with E-state index in [1.165, 1.54) is 5.56 Å². The van der Waals surface area contributed by atoms with Crippen molar-refractivity contribution >= 4 is 17.3 Å². The lowest BCUT2D eigenvalue weighted by Crippen LogP contribution is -2.22. The van der Waals surface area contributed by atoms with Crippen molar-refractivity contribution in [3.05, 3.63) is 59.2 Å². The summed E-state index contributed by atoms with van der Waals surface area (Å²) in [4.78, 5) is 13.4. The number of hydrogen-bond donors (Lipinski definition) is 2. The first-order chi connectivity index (χ1) is 10.0. The Balaban J connectivity index is 2.25. The zero-order chi connectivity index (χ0) is 15.4. The summed E-state index contributed by atoms with van der Waals surface area (Å²) in [5.74, 6) is -0.396. The van der Waals surface area contributed by atoms with Gasteiger partial charge >= 0.3 is 0 Å². The Labute approximate surface area is 125 Å². The first-order valence-electron chi connectivity index (χ1n) is 7.01. The minimum atomic E-state index is -0.396. The minimum Gasteiger partial charge on any atom is -0.399 e. The van der Waals surface area contributed by atoms with Crippen LogP contribution in [-0.4, -0.2) is 12.5 Å². The summed E-state index contributed by atoms with van der Waals surface area (Å²) in [7, 11) is 0. The van der Waals surface area contributed by atoms with Crippen LogP contribution in [-0.2, 0) is 6.54 Å². The maximum Gasteiger partial charge on any atom is 0.248 e. The second-order valence-electron chi connectivity index (χ2n) is 5.11. The van der Waals surface area contributed by atoms with E-state index in [0.29, 0.717) is 5.56 Å². The number of amides is 1. The highest BCUT2D eigenvalue weighted by Crippen LogP contribution is 2.21. The summed E-state index contributed by atoms with van der Waals surface area (Å²) >= 11 is 0. The van der Waals surface area contributed by atoms with Crippen LogP contribution in [0.1, 0.15) is 28.4 Å². The number of primary amides is 1. The molecule has 21 heavy (non-hydrogen) atoms. The van der Waals surface area contributed by atoms with Crippen LogP contribution in [0.15, 0.2) is 42.5 Å². The number of nitrogen functional groups attached to an aromatic ring is 1. The monoisotopic (exact) mass is 283 g/mol. The molecule has 4 N–H and O–H groups in total. The average Bonchev–Trinajstić information content (AvgIpc) is 2.45. The third kappa shape index (κ3) is 3.54. The van der Waals surface area contributed by atoms with E-state index in [2.05, 4.69) is 11.8 Å². The molecule has 0 aliphatic carbocycles. The van der Waals surface area contributed by atoms with Gasteiger partial charge in [0.05, 0.1) is 0 Å². The Kier molecular flexibility index (Phi) is 4.48. The lowest BCUT2D eigenvalue weighted by Gasteiger charge is -2.24. The zero-order valence-corrected chi connectivity index (χ0v) is 12.5. The van der Waals surface area contributed by atoms with Crippen molar-refractivity contribution < 1.29 is 4.79 Å². The number of anilines is 2. The van der Waals surface area contributed by atoms with Gasteiger partial charge in [0.1, 0.15) is 0 Å². The molecule has 0 saturated carbocycles. The Hall–Kier alpha value is -2.49. The molecule has 2 aromatic carbocycles. The minimum absolute atomic E-state index is 0.396. The topological polar surface area (TPSA) is 72.3 Å². The first kappa shape index (κ1) is 14.9. The van der Waals surface area contributed by atoms with E-state index in [1.54, 1.807) is 6.07 Å². The van der Waals surface area contributed by atoms with Gasteiger partial charge in [-0.2, -0.15) is 0 Å². The number of hydrogen-bond acceptors (Lipinski definition) is 3. The van der Waals surface area contributed by atoms with Gasteiger partial charge in [0.15, 0.2) is 0 Å². The standard InChI is InChI=1S/C17H21N3O/c1-3-20(16-6-4-5-15(18)10-16)11-14-8-7-13(17(19)21)9-12(14)2/h4-10H,3,11,18H2,1-2H3,(H2,19,21). The van der Waals surface area contributed by atoms with Crippen LogP contribution in [0.5, 0.6) is 0 Å². The number of nitrogens with zero attached hydrogens (tertiary/aromatic N) is 1. The van der Waals surface area contributed by atoms with Crippen molar-refractivity contribution in [2.75, 3.05) is 17.2 Å². The highest BCUT2D eigenvalue weighted by Gasteiger charge is 2.09. The number of nitrogens with two attached hydrogens (primary N) is 2. The summed E-state index contributed by atoms with van der Waals surface area (Å²) < 4.78 is 0. The highest BCUT2D eigenvalue weighted by molar-refractivity contribution is 5.93. The van der Waals surface area contributed by atoms with Crippen LogP contribution in [0.2, 0.25) is 0 Å². The van der Waals surface area contributed by atoms with E-state index >= 15 is 0 Å². The molecular formula is C17H21N3O. The number of rotatable bonds is 5. The van der Waals surface area contributed by atoms with Gasteiger partial charge in [0.25, 0.3) is 0 Å². The Morgan fingerprint density at radius 1 is 1.19 bits per heavy atom. The molecule has 0 unspecified atom stereocenters. The molecule has 110 valence electrons. The highest BCUT2D eigenvalue weighted by atomic mass is 16.1. The van der Waals surface area contributed by atoms with Crippen molar-refractivity contribution in [3.63, 3.8) is 0 Å². The fourth-order valence-corrected chi connectivity index (χ4v) is 2.34. The Bertz CT molecular complexity index is 652. The van der Waals surface area contributed by atoms with Crippen LogP contribution >= 0.6 is 0 Å². The molecule has 0 aliphatic heterocycles. The molecule has 0 atom stereocenters. The van der Waals surface area contributed by atoms with Crippen molar-refractivity contribution in [2.45, 2.75) is 20.4 Å². The molecule has 1 amide bonds. The van der Waals surface area contributed by atoms with Crippen LogP contribution in [0.4, 0.5) is 11.4 Å². The number of benzene rings is 2. The van der Waals surface area contributed by atoms with Crippen molar-refractivity contribution in [2.24, 2.45) is 5.73 Å². The molecule has 0 spiro atoms. The lowest BCUT2D eigenvalue weighted by molar-refractivity contribution is 0.1000. The number of aryl methyl sites for hydroxylation is 1. The molecule has 0 aliphatic rings. The third-order valence-corrected chi connectivity index (χ3v) is 3.61. The summed E-state index contributed by atoms with van der Waals surface area (Å²) in [6, 6.07) is 13.4. The lowest BCUT2D eigenvalue weighted by atomic mass is 10.0. The fraction of sp³-hybridized carbons (Fsp3) is 0.235. The van der Waals surface area contributed by atoms with E-state index in [-0.39, 0.29) is 0 Å². The van der Waals surface area contributed by atoms with E-state index < -0.39 is 5.91 Å². The molecule has 0 saturated heterocycles. The maximum atomic E-state index is 11.2. The van der Waals surface area contributed by atoms with Gasteiger partial charge in [-0.05, 0) is 55.3 Å². The largest absolute Gasteiger partial charge is 0.399 e. The Morgan fingerprint density at radius 2 is 1.95 bits per heavy atom. The fourth-order valence-electron chi connectivity index (χ4n) is 2.34. The molecule has 0 bridgehead atoms. The van der Waals surface area contributed by atoms with Gasteiger partial charge in [-0.25, -0.2) is 0 Å². The summed E-state index contributed by atoms with van der Waals surface area (Å²) in [5.41, 5.74) is 15.8. The molecule has 4 heteroatoms. The summed E-state index contributed by atoms with van der Waals surface area (Å²) in [6.07, 6.45) is 0. The molecule has 0 heterocycles. The zero-order valence-electron chi connectivity index (χ0n) is 12.5. The van der Waals surface area contributed by atoms with E-state index in [9.17, 15) is 4.79 Å². The van der Waals surface area contributed by atoms with Gasteiger partial charge in [-0.3, -0.25) is 4.79 Å². The van der Waals surface area contributed by atoms with E-state index in [4.69, 9.17) is 11.5 Å². The first-order valence-corrected chi connectivity index (χ1v) is 7.01. The summed E-state index contributed by atoms with van der Waals surface area (Å²) in [5, 5.41) is 0. The third-order valence-electron chi connectivity index (χ3n) is 3.61. The molecule has 4 nitrogen and oxygen atoms in total. The van der Waals surface area contributed by atoms with Gasteiger partial charge < -0.3 is 16.4 Å². The van der Waals surface area contributed by atoms with Crippen LogP contribution in [0, 0.1) is 6.92 Å². The molecule has 0 fully saturated rings. The van der Waals surface area contributed by atoms with E-state index in [1.807, 2.05) is 43.3 Å². The van der Waals surface area contributed by atoms with Gasteiger partial charge in [0, 0.05) is 30.0 Å². The van der Waals surface area contributed by atoms with Gasteiger partial charge in [0.2, 0.25) is 5.91 Å². The van der Waals surface area contributed by atoms with Crippen LogP contribution in [0.25, 0.3) is 0 Å². The smallest absolute Gasteiger partial charge is 0.248 e. The van der Waals surface area contributed by atoms with Gasteiger partial charge in [-0.15, -0.1) is 0 Å². The molecule has 2 aromatic rings. The summed E-state index contributed by atoms with van der Waals surface area (Å²) in [6.45, 7) is 5.75. The van der Waals surface area contributed by atoms with Crippen LogP contribution < -0.4 is 16.4 Å². The van der Waals surface area contributed by atoms with Crippen molar-refractivity contribution in [1.82, 2.24) is 0 Å². The van der Waals surface area contributed by atoms with Gasteiger partial charge in [-0.1, -0.05) is 12.1 Å². The quantitative estimate of drug-likeness (QED) is 0.829. The molecule has 0 radical (unpaired) electrons. The average molecular weight is 283 g/mol.